The summed E-state index contributed by atoms with van der Waals surface area (Å²) in [7, 11) is 0. The number of carbonyl (C=O) groups excluding carboxylic acids is 1. The van der Waals surface area contributed by atoms with Crippen molar-refractivity contribution in [3.8, 4) is 0 Å². The lowest BCUT2D eigenvalue weighted by Crippen LogP contribution is -2.38. The normalized spacial score (nSPS) is 18.2. The summed E-state index contributed by atoms with van der Waals surface area (Å²) in [5.74, 6) is -1.62. The number of carbonyl (C=O) groups is 1. The molecule has 1 saturated carbocycles. The van der Waals surface area contributed by atoms with Gasteiger partial charge in [-0.3, -0.25) is 4.79 Å². The molecule has 2 rings (SSSR count). The van der Waals surface area contributed by atoms with Crippen molar-refractivity contribution in [3.05, 3.63) is 35.4 Å². The maximum atomic E-state index is 13.1. The van der Waals surface area contributed by atoms with Gasteiger partial charge in [-0.2, -0.15) is 0 Å². The summed E-state index contributed by atoms with van der Waals surface area (Å²) < 4.78 is 26.0. The predicted octanol–water partition coefficient (Wildman–Crippen LogP) is 2.69. The molecule has 0 bridgehead atoms. The summed E-state index contributed by atoms with van der Waals surface area (Å²) >= 11 is 0. The number of hydrogen-bond donors (Lipinski definition) is 2. The van der Waals surface area contributed by atoms with E-state index < -0.39 is 23.8 Å². The second kappa shape index (κ2) is 6.31. The van der Waals surface area contributed by atoms with Gasteiger partial charge in [-0.05, 0) is 43.4 Å². The number of aliphatic hydroxyl groups is 1. The van der Waals surface area contributed by atoms with Gasteiger partial charge in [0.25, 0.3) is 0 Å². The Morgan fingerprint density at radius 2 is 2.10 bits per heavy atom. The van der Waals surface area contributed by atoms with Gasteiger partial charge in [0, 0.05) is 6.42 Å². The van der Waals surface area contributed by atoms with Crippen LogP contribution >= 0.6 is 0 Å². The Hall–Kier alpha value is -1.49. The third kappa shape index (κ3) is 3.54. The molecule has 0 aliphatic heterocycles. The Morgan fingerprint density at radius 1 is 1.40 bits per heavy atom. The van der Waals surface area contributed by atoms with E-state index in [-0.39, 0.29) is 11.5 Å². The standard InChI is InChI=1S/C15H19F2NO2/c1-9(18-14(19)7-10-3-2-4-10)15(20)11-5-6-12(16)13(17)8-11/h5-6,8-10,15,20H,2-4,7H2,1H3,(H,18,19). The third-order valence-corrected chi connectivity index (χ3v) is 3.85. The molecule has 1 aliphatic rings. The Bertz CT molecular complexity index is 489. The fourth-order valence-electron chi connectivity index (χ4n) is 2.34. The van der Waals surface area contributed by atoms with Crippen molar-refractivity contribution in [2.45, 2.75) is 44.8 Å². The second-order valence-electron chi connectivity index (χ2n) is 5.48. The maximum Gasteiger partial charge on any atom is 0.220 e. The molecule has 3 nitrogen and oxygen atoms in total. The zero-order chi connectivity index (χ0) is 14.7. The average molecular weight is 283 g/mol. The lowest BCUT2D eigenvalue weighted by atomic mass is 9.83. The van der Waals surface area contributed by atoms with Crippen LogP contribution < -0.4 is 5.32 Å². The Morgan fingerprint density at radius 3 is 2.65 bits per heavy atom. The van der Waals surface area contributed by atoms with Crippen molar-refractivity contribution in [1.29, 1.82) is 0 Å². The molecule has 1 aromatic rings. The molecule has 1 aliphatic carbocycles. The smallest absolute Gasteiger partial charge is 0.220 e. The van der Waals surface area contributed by atoms with Gasteiger partial charge in [0.15, 0.2) is 11.6 Å². The topological polar surface area (TPSA) is 49.3 Å². The molecule has 0 aromatic heterocycles. The number of rotatable bonds is 5. The monoisotopic (exact) mass is 283 g/mol. The van der Waals surface area contributed by atoms with Gasteiger partial charge in [-0.25, -0.2) is 8.78 Å². The van der Waals surface area contributed by atoms with Gasteiger partial charge >= 0.3 is 0 Å². The van der Waals surface area contributed by atoms with E-state index in [2.05, 4.69) is 5.32 Å². The first kappa shape index (κ1) is 14.9. The van der Waals surface area contributed by atoms with E-state index in [1.165, 1.54) is 12.5 Å². The van der Waals surface area contributed by atoms with Crippen molar-refractivity contribution < 1.29 is 18.7 Å². The molecule has 110 valence electrons. The lowest BCUT2D eigenvalue weighted by Gasteiger charge is -2.26. The molecule has 1 amide bonds. The molecule has 1 fully saturated rings. The van der Waals surface area contributed by atoms with Gasteiger partial charge in [0.2, 0.25) is 5.91 Å². The third-order valence-electron chi connectivity index (χ3n) is 3.85. The highest BCUT2D eigenvalue weighted by Crippen LogP contribution is 2.29. The fourth-order valence-corrected chi connectivity index (χ4v) is 2.34. The first-order valence-electron chi connectivity index (χ1n) is 6.89. The number of benzene rings is 1. The maximum absolute atomic E-state index is 13.1. The highest BCUT2D eigenvalue weighted by Gasteiger charge is 2.24. The summed E-state index contributed by atoms with van der Waals surface area (Å²) in [6.07, 6.45) is 2.73. The molecule has 0 spiro atoms. The number of aliphatic hydroxyl groups excluding tert-OH is 1. The van der Waals surface area contributed by atoms with Gasteiger partial charge < -0.3 is 10.4 Å². The van der Waals surface area contributed by atoms with Crippen molar-refractivity contribution in [3.63, 3.8) is 0 Å². The number of amides is 1. The SMILES string of the molecule is CC(NC(=O)CC1CCC1)C(O)c1ccc(F)c(F)c1. The van der Waals surface area contributed by atoms with Gasteiger partial charge in [0.1, 0.15) is 0 Å². The van der Waals surface area contributed by atoms with Crippen molar-refractivity contribution >= 4 is 5.91 Å². The molecule has 2 unspecified atom stereocenters. The summed E-state index contributed by atoms with van der Waals surface area (Å²) in [6, 6.07) is 2.69. The summed E-state index contributed by atoms with van der Waals surface area (Å²) in [5.41, 5.74) is 0.250. The molecule has 2 atom stereocenters. The van der Waals surface area contributed by atoms with Crippen LogP contribution in [0.15, 0.2) is 18.2 Å². The number of nitrogens with one attached hydrogen (secondary N) is 1. The van der Waals surface area contributed by atoms with Crippen molar-refractivity contribution in [2.75, 3.05) is 0 Å². The van der Waals surface area contributed by atoms with Crippen LogP contribution in [0.25, 0.3) is 0 Å². The van der Waals surface area contributed by atoms with E-state index in [1.807, 2.05) is 0 Å². The molecular weight excluding hydrogens is 264 g/mol. The summed E-state index contributed by atoms with van der Waals surface area (Å²) in [6.45, 7) is 1.64. The molecule has 1 aromatic carbocycles. The Labute approximate surface area is 117 Å². The van der Waals surface area contributed by atoms with Crippen molar-refractivity contribution in [1.82, 2.24) is 5.32 Å². The van der Waals surface area contributed by atoms with Crippen LogP contribution in [-0.4, -0.2) is 17.1 Å². The van der Waals surface area contributed by atoms with Gasteiger partial charge in [0.05, 0.1) is 12.1 Å². The summed E-state index contributed by atoms with van der Waals surface area (Å²) in [5, 5.41) is 12.8. The molecule has 20 heavy (non-hydrogen) atoms. The minimum atomic E-state index is -1.06. The van der Waals surface area contributed by atoms with Crippen LogP contribution in [0.1, 0.15) is 44.3 Å². The first-order chi connectivity index (χ1) is 9.47. The molecule has 0 heterocycles. The van der Waals surface area contributed by atoms with E-state index in [1.54, 1.807) is 6.92 Å². The fraction of sp³-hybridized carbons (Fsp3) is 0.533. The number of halogens is 2. The second-order valence-corrected chi connectivity index (χ2v) is 5.48. The van der Waals surface area contributed by atoms with Gasteiger partial charge in [-0.15, -0.1) is 0 Å². The van der Waals surface area contributed by atoms with Crippen LogP contribution in [0.2, 0.25) is 0 Å². The van der Waals surface area contributed by atoms with Crippen LogP contribution in [0, 0.1) is 17.6 Å². The minimum Gasteiger partial charge on any atom is -0.386 e. The van der Waals surface area contributed by atoms with E-state index in [9.17, 15) is 18.7 Å². The van der Waals surface area contributed by atoms with E-state index in [0.717, 1.165) is 25.0 Å². The highest BCUT2D eigenvalue weighted by atomic mass is 19.2. The zero-order valence-corrected chi connectivity index (χ0v) is 11.4. The Balaban J connectivity index is 1.91. The Kier molecular flexibility index (Phi) is 4.70. The molecule has 0 radical (unpaired) electrons. The van der Waals surface area contributed by atoms with Crippen LogP contribution in [0.5, 0.6) is 0 Å². The molecule has 5 heteroatoms. The largest absolute Gasteiger partial charge is 0.386 e. The average Bonchev–Trinajstić information content (AvgIpc) is 2.36. The van der Waals surface area contributed by atoms with E-state index in [0.29, 0.717) is 12.3 Å². The first-order valence-corrected chi connectivity index (χ1v) is 6.89. The molecular formula is C15H19F2NO2. The zero-order valence-electron chi connectivity index (χ0n) is 11.4. The van der Waals surface area contributed by atoms with Gasteiger partial charge in [-0.1, -0.05) is 12.5 Å². The molecule has 2 N–H and O–H groups in total. The van der Waals surface area contributed by atoms with Crippen LogP contribution in [0.3, 0.4) is 0 Å². The number of hydrogen-bond acceptors (Lipinski definition) is 2. The van der Waals surface area contributed by atoms with Crippen molar-refractivity contribution in [2.24, 2.45) is 5.92 Å². The highest BCUT2D eigenvalue weighted by molar-refractivity contribution is 5.76. The molecule has 0 saturated heterocycles. The lowest BCUT2D eigenvalue weighted by molar-refractivity contribution is -0.124. The van der Waals surface area contributed by atoms with E-state index in [4.69, 9.17) is 0 Å². The summed E-state index contributed by atoms with van der Waals surface area (Å²) in [4.78, 5) is 11.8. The quantitative estimate of drug-likeness (QED) is 0.873. The minimum absolute atomic E-state index is 0.108. The predicted molar refractivity (Wildman–Crippen MR) is 70.9 cm³/mol. The van der Waals surface area contributed by atoms with Crippen LogP contribution in [0.4, 0.5) is 8.78 Å². The van der Waals surface area contributed by atoms with E-state index >= 15 is 0 Å². The van der Waals surface area contributed by atoms with Crippen LogP contribution in [-0.2, 0) is 4.79 Å².